The van der Waals surface area contributed by atoms with Gasteiger partial charge in [0.2, 0.25) is 5.13 Å². The van der Waals surface area contributed by atoms with E-state index in [4.69, 9.17) is 0 Å². The highest BCUT2D eigenvalue weighted by Crippen LogP contribution is 2.21. The van der Waals surface area contributed by atoms with Crippen molar-refractivity contribution in [1.29, 1.82) is 0 Å². The van der Waals surface area contributed by atoms with Gasteiger partial charge in [-0.3, -0.25) is 0 Å². The fourth-order valence-electron chi connectivity index (χ4n) is 1.88. The molecule has 0 spiro atoms. The lowest BCUT2D eigenvalue weighted by atomic mass is 10.2. The summed E-state index contributed by atoms with van der Waals surface area (Å²) in [4.78, 5) is 0. The molecule has 0 amide bonds. The van der Waals surface area contributed by atoms with Gasteiger partial charge in [0.25, 0.3) is 0 Å². The van der Waals surface area contributed by atoms with Gasteiger partial charge in [-0.05, 0) is 30.9 Å². The van der Waals surface area contributed by atoms with Crippen LogP contribution in [0.5, 0.6) is 0 Å². The molecule has 0 fully saturated rings. The number of hydrogen-bond acceptors (Lipinski definition) is 6. The van der Waals surface area contributed by atoms with Crippen molar-refractivity contribution in [3.05, 3.63) is 40.7 Å². The maximum atomic E-state index is 12.9. The molecule has 114 valence electrons. The highest BCUT2D eigenvalue weighted by Gasteiger charge is 2.16. The summed E-state index contributed by atoms with van der Waals surface area (Å²) in [6.07, 6.45) is 2.61. The van der Waals surface area contributed by atoms with Crippen molar-refractivity contribution < 1.29 is 9.50 Å². The minimum Gasteiger partial charge on any atom is -0.395 e. The molecule has 1 heterocycles. The molecule has 2 atom stereocenters. The first-order valence-corrected chi connectivity index (χ1v) is 8.70. The molecule has 2 rings (SSSR count). The number of rotatable bonds is 7. The number of aliphatic hydroxyl groups excluding tert-OH is 1. The van der Waals surface area contributed by atoms with Gasteiger partial charge in [0.05, 0.1) is 6.61 Å². The summed E-state index contributed by atoms with van der Waals surface area (Å²) >= 11 is 3.10. The molecule has 2 unspecified atom stereocenters. The number of nitrogens with one attached hydrogen (secondary N) is 1. The minimum atomic E-state index is -0.237. The Morgan fingerprint density at radius 1 is 1.33 bits per heavy atom. The number of nitrogens with zero attached hydrogens (tertiary/aromatic N) is 2. The molecule has 0 aliphatic carbocycles. The zero-order chi connectivity index (χ0) is 15.2. The van der Waals surface area contributed by atoms with Crippen molar-refractivity contribution >= 4 is 28.2 Å². The standard InChI is InChI=1S/C14H18FN3OS2/c1-9(12(8-19)20-2)16-14-18-17-13(21-14)7-10-3-5-11(15)6-4-10/h3-6,9,12,19H,7-8H2,1-2H3,(H,16,18). The van der Waals surface area contributed by atoms with Crippen LogP contribution in [0.4, 0.5) is 9.52 Å². The Balaban J connectivity index is 1.96. The average molecular weight is 327 g/mol. The quantitative estimate of drug-likeness (QED) is 0.819. The molecule has 1 aromatic carbocycles. The number of benzene rings is 1. The Morgan fingerprint density at radius 2 is 2.05 bits per heavy atom. The van der Waals surface area contributed by atoms with Crippen LogP contribution < -0.4 is 5.32 Å². The second-order valence-corrected chi connectivity index (χ2v) is 6.83. The van der Waals surface area contributed by atoms with Crippen molar-refractivity contribution in [3.63, 3.8) is 0 Å². The van der Waals surface area contributed by atoms with Gasteiger partial charge < -0.3 is 10.4 Å². The van der Waals surface area contributed by atoms with Crippen LogP contribution in [0, 0.1) is 5.82 Å². The van der Waals surface area contributed by atoms with Crippen molar-refractivity contribution in [2.45, 2.75) is 24.6 Å². The largest absolute Gasteiger partial charge is 0.395 e. The minimum absolute atomic E-state index is 0.108. The van der Waals surface area contributed by atoms with Gasteiger partial charge in [0.15, 0.2) is 0 Å². The number of aliphatic hydroxyl groups is 1. The van der Waals surface area contributed by atoms with Crippen LogP contribution in [0.25, 0.3) is 0 Å². The normalized spacial score (nSPS) is 13.9. The molecule has 0 radical (unpaired) electrons. The third kappa shape index (κ3) is 4.66. The summed E-state index contributed by atoms with van der Waals surface area (Å²) in [6.45, 7) is 2.13. The first kappa shape index (κ1) is 16.2. The molecule has 0 saturated carbocycles. The molecule has 7 heteroatoms. The summed E-state index contributed by atoms with van der Waals surface area (Å²) in [5.74, 6) is -0.237. The van der Waals surface area contributed by atoms with E-state index in [0.29, 0.717) is 6.42 Å². The summed E-state index contributed by atoms with van der Waals surface area (Å²) in [5.41, 5.74) is 1.00. The smallest absolute Gasteiger partial charge is 0.205 e. The zero-order valence-electron chi connectivity index (χ0n) is 11.9. The molecule has 1 aromatic heterocycles. The number of thioether (sulfide) groups is 1. The lowest BCUT2D eigenvalue weighted by Crippen LogP contribution is -2.30. The third-order valence-corrected chi connectivity index (χ3v) is 5.14. The number of hydrogen-bond donors (Lipinski definition) is 2. The molecule has 4 nitrogen and oxygen atoms in total. The van der Waals surface area contributed by atoms with E-state index in [0.717, 1.165) is 15.7 Å². The van der Waals surface area contributed by atoms with Gasteiger partial charge in [0.1, 0.15) is 10.8 Å². The van der Waals surface area contributed by atoms with E-state index in [1.165, 1.54) is 23.5 Å². The predicted molar refractivity (Wildman–Crippen MR) is 86.6 cm³/mol. The first-order valence-electron chi connectivity index (χ1n) is 6.59. The molecular formula is C14H18FN3OS2. The summed E-state index contributed by atoms with van der Waals surface area (Å²) in [6, 6.07) is 6.50. The van der Waals surface area contributed by atoms with Crippen LogP contribution in [0.1, 0.15) is 17.5 Å². The van der Waals surface area contributed by atoms with Gasteiger partial charge in [-0.15, -0.1) is 10.2 Å². The monoisotopic (exact) mass is 327 g/mol. The Morgan fingerprint density at radius 3 is 2.67 bits per heavy atom. The average Bonchev–Trinajstić information content (AvgIpc) is 2.90. The molecular weight excluding hydrogens is 309 g/mol. The van der Waals surface area contributed by atoms with Gasteiger partial charge >= 0.3 is 0 Å². The summed E-state index contributed by atoms with van der Waals surface area (Å²) < 4.78 is 12.9. The van der Waals surface area contributed by atoms with Crippen LogP contribution in [0.15, 0.2) is 24.3 Å². The number of anilines is 1. The van der Waals surface area contributed by atoms with Crippen molar-refractivity contribution in [3.8, 4) is 0 Å². The van der Waals surface area contributed by atoms with Crippen molar-refractivity contribution in [1.82, 2.24) is 10.2 Å². The molecule has 21 heavy (non-hydrogen) atoms. The summed E-state index contributed by atoms with van der Waals surface area (Å²) in [5, 5.41) is 22.5. The fraction of sp³-hybridized carbons (Fsp3) is 0.429. The summed E-state index contributed by atoms with van der Waals surface area (Å²) in [7, 11) is 0. The topological polar surface area (TPSA) is 58.0 Å². The second-order valence-electron chi connectivity index (χ2n) is 4.69. The van der Waals surface area contributed by atoms with Crippen LogP contribution >= 0.6 is 23.1 Å². The maximum Gasteiger partial charge on any atom is 0.205 e. The highest BCUT2D eigenvalue weighted by atomic mass is 32.2. The lowest BCUT2D eigenvalue weighted by Gasteiger charge is -2.20. The first-order chi connectivity index (χ1) is 10.1. The van der Waals surface area contributed by atoms with Crippen molar-refractivity contribution in [2.75, 3.05) is 18.2 Å². The van der Waals surface area contributed by atoms with E-state index in [1.807, 2.05) is 13.2 Å². The SMILES string of the molecule is CSC(CO)C(C)Nc1nnc(Cc2ccc(F)cc2)s1. The third-order valence-electron chi connectivity index (χ3n) is 3.13. The lowest BCUT2D eigenvalue weighted by molar-refractivity contribution is 0.288. The van der Waals surface area contributed by atoms with E-state index in [2.05, 4.69) is 15.5 Å². The zero-order valence-corrected chi connectivity index (χ0v) is 13.5. The van der Waals surface area contributed by atoms with Crippen LogP contribution in [0.2, 0.25) is 0 Å². The van der Waals surface area contributed by atoms with E-state index >= 15 is 0 Å². The maximum absolute atomic E-state index is 12.9. The van der Waals surface area contributed by atoms with Crippen molar-refractivity contribution in [2.24, 2.45) is 0 Å². The Labute approximate surface area is 131 Å². The van der Waals surface area contributed by atoms with Gasteiger partial charge in [-0.25, -0.2) is 4.39 Å². The molecule has 2 aromatic rings. The Bertz CT molecular complexity index is 558. The number of halogens is 1. The second kappa shape index (κ2) is 7.72. The Kier molecular flexibility index (Phi) is 5.96. The fourth-order valence-corrected chi connectivity index (χ4v) is 3.38. The number of aromatic nitrogens is 2. The highest BCUT2D eigenvalue weighted by molar-refractivity contribution is 7.99. The molecule has 0 bridgehead atoms. The molecule has 0 saturated heterocycles. The van der Waals surface area contributed by atoms with Crippen LogP contribution in [-0.4, -0.2) is 39.5 Å². The van der Waals surface area contributed by atoms with E-state index in [9.17, 15) is 9.50 Å². The van der Waals surface area contributed by atoms with Gasteiger partial charge in [-0.1, -0.05) is 23.5 Å². The van der Waals surface area contributed by atoms with E-state index in [1.54, 1.807) is 23.9 Å². The van der Waals surface area contributed by atoms with Gasteiger partial charge in [0, 0.05) is 17.7 Å². The predicted octanol–water partition coefficient (Wildman–Crippen LogP) is 2.79. The molecule has 0 aliphatic rings. The van der Waals surface area contributed by atoms with Crippen LogP contribution in [-0.2, 0) is 6.42 Å². The van der Waals surface area contributed by atoms with E-state index < -0.39 is 0 Å². The Hall–Kier alpha value is -1.18. The van der Waals surface area contributed by atoms with Crippen LogP contribution in [0.3, 0.4) is 0 Å². The molecule has 2 N–H and O–H groups in total. The van der Waals surface area contributed by atoms with Gasteiger partial charge in [-0.2, -0.15) is 11.8 Å². The van der Waals surface area contributed by atoms with E-state index in [-0.39, 0.29) is 23.7 Å². The molecule has 0 aliphatic heterocycles.